The molecule has 3 atom stereocenters. The van der Waals surface area contributed by atoms with Gasteiger partial charge in [-0.1, -0.05) is 44.5 Å². The van der Waals surface area contributed by atoms with Gasteiger partial charge in [-0.05, 0) is 79.5 Å². The lowest BCUT2D eigenvalue weighted by atomic mass is 9.38. The molecule has 35 heavy (non-hydrogen) atoms. The highest BCUT2D eigenvalue weighted by Crippen LogP contribution is 2.72. The maximum absolute atomic E-state index is 13.6. The molecule has 0 aromatic heterocycles. The Morgan fingerprint density at radius 2 is 1.97 bits per heavy atom. The third kappa shape index (κ3) is 4.01. The Labute approximate surface area is 214 Å². The normalized spacial score (nSPS) is 34.8. The number of carbonyl (C=O) groups is 1. The van der Waals surface area contributed by atoms with Crippen molar-refractivity contribution in [3.63, 3.8) is 0 Å². The van der Waals surface area contributed by atoms with Gasteiger partial charge >= 0.3 is 6.03 Å². The van der Waals surface area contributed by atoms with E-state index >= 15 is 0 Å². The Kier molecular flexibility index (Phi) is 6.07. The molecule has 2 amide bonds. The standard InChI is InChI=1S/C28H39ClN2O4/c1-25(2,3)10-8-18-6-7-19(13-22(18)29)28-11-9-21(34-4)12-20(28)14-31(24(33)30-28)27-15-26(16-27,17-27)23(32)35-5/h6-7,13-14,21,23,32H,8-12,15-17H2,1-5H3,(H,30,33)/t21?,23?,26?,27?,28-/m0/s1. The van der Waals surface area contributed by atoms with Crippen molar-refractivity contribution in [2.24, 2.45) is 10.8 Å². The van der Waals surface area contributed by atoms with Crippen LogP contribution in [0, 0.1) is 10.8 Å². The van der Waals surface area contributed by atoms with Gasteiger partial charge in [0.2, 0.25) is 0 Å². The minimum atomic E-state index is -0.768. The van der Waals surface area contributed by atoms with Gasteiger partial charge in [-0.25, -0.2) is 4.79 Å². The molecule has 4 aliphatic carbocycles. The van der Waals surface area contributed by atoms with Gasteiger partial charge in [0.25, 0.3) is 0 Å². The Hall–Kier alpha value is -1.60. The number of carbonyl (C=O) groups excluding carboxylic acids is 1. The zero-order chi connectivity index (χ0) is 25.2. The average Bonchev–Trinajstić information content (AvgIpc) is 2.75. The molecular formula is C28H39ClN2O4. The number of aliphatic hydroxyl groups excluding tert-OH is 1. The van der Waals surface area contributed by atoms with Crippen LogP contribution in [0.2, 0.25) is 5.02 Å². The van der Waals surface area contributed by atoms with E-state index in [0.717, 1.165) is 67.5 Å². The number of nitrogens with zero attached hydrogens (tertiary/aromatic N) is 1. The van der Waals surface area contributed by atoms with E-state index in [4.69, 9.17) is 21.1 Å². The number of benzene rings is 1. The van der Waals surface area contributed by atoms with Crippen LogP contribution in [-0.4, -0.2) is 48.2 Å². The molecule has 2 bridgehead atoms. The molecule has 2 unspecified atom stereocenters. The number of aryl methyl sites for hydroxylation is 1. The number of urea groups is 1. The van der Waals surface area contributed by atoms with E-state index in [9.17, 15) is 9.90 Å². The molecule has 0 spiro atoms. The number of aliphatic hydroxyl groups is 1. The largest absolute Gasteiger partial charge is 0.381 e. The second kappa shape index (κ2) is 8.47. The van der Waals surface area contributed by atoms with Gasteiger partial charge in [0.15, 0.2) is 6.29 Å². The van der Waals surface area contributed by atoms with Crippen molar-refractivity contribution >= 4 is 17.6 Å². The molecule has 1 heterocycles. The first kappa shape index (κ1) is 25.1. The van der Waals surface area contributed by atoms with Crippen molar-refractivity contribution in [3.8, 4) is 0 Å². The Morgan fingerprint density at radius 3 is 2.57 bits per heavy atom. The lowest BCUT2D eigenvalue weighted by Crippen LogP contribution is -2.79. The maximum Gasteiger partial charge on any atom is 0.322 e. The minimum Gasteiger partial charge on any atom is -0.381 e. The van der Waals surface area contributed by atoms with Gasteiger partial charge in [-0.3, -0.25) is 4.90 Å². The van der Waals surface area contributed by atoms with Crippen molar-refractivity contribution in [2.45, 2.75) is 95.6 Å². The third-order valence-corrected chi connectivity index (χ3v) is 9.34. The van der Waals surface area contributed by atoms with Gasteiger partial charge in [0, 0.05) is 30.9 Å². The molecule has 1 aromatic rings. The molecule has 1 aromatic carbocycles. The van der Waals surface area contributed by atoms with Gasteiger partial charge in [0.05, 0.1) is 17.2 Å². The first-order valence-electron chi connectivity index (χ1n) is 12.8. The Bertz CT molecular complexity index is 1030. The number of hydrogen-bond donors (Lipinski definition) is 2. The summed E-state index contributed by atoms with van der Waals surface area (Å²) < 4.78 is 10.9. The lowest BCUT2D eigenvalue weighted by molar-refractivity contribution is -0.304. The fourth-order valence-electron chi connectivity index (χ4n) is 6.88. The molecule has 6 rings (SSSR count). The van der Waals surface area contributed by atoms with Crippen molar-refractivity contribution < 1.29 is 19.4 Å². The average molecular weight is 503 g/mol. The van der Waals surface area contributed by atoms with Crippen LogP contribution in [0.15, 0.2) is 30.0 Å². The number of methoxy groups -OCH3 is 2. The van der Waals surface area contributed by atoms with E-state index in [2.05, 4.69) is 50.5 Å². The van der Waals surface area contributed by atoms with Crippen molar-refractivity contribution in [1.29, 1.82) is 0 Å². The van der Waals surface area contributed by atoms with Gasteiger partial charge in [0.1, 0.15) is 0 Å². The Balaban J connectivity index is 1.44. The number of nitrogens with one attached hydrogen (secondary N) is 1. The van der Waals surface area contributed by atoms with Crippen LogP contribution in [0.25, 0.3) is 0 Å². The molecule has 6 nitrogen and oxygen atoms in total. The summed E-state index contributed by atoms with van der Waals surface area (Å²) >= 11 is 6.79. The monoisotopic (exact) mass is 502 g/mol. The van der Waals surface area contributed by atoms with Crippen molar-refractivity contribution in [1.82, 2.24) is 10.2 Å². The van der Waals surface area contributed by atoms with Crippen LogP contribution in [-0.2, 0) is 21.4 Å². The number of amides is 2. The van der Waals surface area contributed by atoms with Crippen LogP contribution in [0.5, 0.6) is 0 Å². The highest BCUT2D eigenvalue weighted by Gasteiger charge is 2.74. The predicted octanol–water partition coefficient (Wildman–Crippen LogP) is 5.51. The number of fused-ring (bicyclic) bond motifs is 1. The van der Waals surface area contributed by atoms with Crippen molar-refractivity contribution in [3.05, 3.63) is 46.1 Å². The van der Waals surface area contributed by atoms with Crippen LogP contribution < -0.4 is 5.32 Å². The molecule has 192 valence electrons. The summed E-state index contributed by atoms with van der Waals surface area (Å²) in [7, 11) is 3.30. The molecule has 5 aliphatic rings. The highest BCUT2D eigenvalue weighted by atomic mass is 35.5. The summed E-state index contributed by atoms with van der Waals surface area (Å²) in [5, 5.41) is 14.4. The summed E-state index contributed by atoms with van der Waals surface area (Å²) in [5.74, 6) is 0. The summed E-state index contributed by atoms with van der Waals surface area (Å²) in [6.45, 7) is 6.73. The van der Waals surface area contributed by atoms with Gasteiger partial charge in [-0.2, -0.15) is 0 Å². The highest BCUT2D eigenvalue weighted by molar-refractivity contribution is 6.31. The fraction of sp³-hybridized carbons (Fsp3) is 0.679. The van der Waals surface area contributed by atoms with Crippen LogP contribution >= 0.6 is 11.6 Å². The topological polar surface area (TPSA) is 71.0 Å². The quantitative estimate of drug-likeness (QED) is 0.482. The van der Waals surface area contributed by atoms with Gasteiger partial charge in [-0.15, -0.1) is 0 Å². The Morgan fingerprint density at radius 1 is 1.26 bits per heavy atom. The second-order valence-electron chi connectivity index (χ2n) is 12.5. The molecule has 4 saturated carbocycles. The smallest absolute Gasteiger partial charge is 0.322 e. The summed E-state index contributed by atoms with van der Waals surface area (Å²) in [4.78, 5) is 15.5. The molecule has 0 saturated heterocycles. The van der Waals surface area contributed by atoms with E-state index in [0.29, 0.717) is 0 Å². The first-order valence-corrected chi connectivity index (χ1v) is 13.2. The molecular weight excluding hydrogens is 464 g/mol. The van der Waals surface area contributed by atoms with E-state index in [1.54, 1.807) is 7.11 Å². The molecule has 4 fully saturated rings. The first-order chi connectivity index (χ1) is 16.5. The maximum atomic E-state index is 13.6. The molecule has 0 radical (unpaired) electrons. The van der Waals surface area contributed by atoms with Crippen LogP contribution in [0.4, 0.5) is 4.79 Å². The zero-order valence-electron chi connectivity index (χ0n) is 21.6. The summed E-state index contributed by atoms with van der Waals surface area (Å²) in [6.07, 6.45) is 8.13. The van der Waals surface area contributed by atoms with E-state index in [-0.39, 0.29) is 28.5 Å². The molecule has 7 heteroatoms. The van der Waals surface area contributed by atoms with E-state index in [1.165, 1.54) is 12.7 Å². The zero-order valence-corrected chi connectivity index (χ0v) is 22.4. The lowest BCUT2D eigenvalue weighted by Gasteiger charge is -2.74. The van der Waals surface area contributed by atoms with E-state index < -0.39 is 11.8 Å². The third-order valence-electron chi connectivity index (χ3n) is 8.99. The number of halogens is 1. The molecule has 1 aliphatic heterocycles. The van der Waals surface area contributed by atoms with Crippen LogP contribution in [0.3, 0.4) is 0 Å². The second-order valence-corrected chi connectivity index (χ2v) is 12.9. The van der Waals surface area contributed by atoms with Crippen LogP contribution in [0.1, 0.15) is 76.8 Å². The minimum absolute atomic E-state index is 0.0715. The fourth-order valence-corrected chi connectivity index (χ4v) is 7.16. The van der Waals surface area contributed by atoms with E-state index in [1.807, 2.05) is 4.90 Å². The predicted molar refractivity (Wildman–Crippen MR) is 136 cm³/mol. The SMILES string of the molecule is COC1CC[C@@]2(c3ccc(CCC(C)(C)C)c(Cl)c3)NC(=O)N(C34CC(C(O)OC)(C3)C4)C=C2C1. The summed E-state index contributed by atoms with van der Waals surface area (Å²) in [6, 6.07) is 6.26. The molecule has 2 N–H and O–H groups in total. The number of rotatable bonds is 7. The van der Waals surface area contributed by atoms with Gasteiger partial charge < -0.3 is 19.9 Å². The summed E-state index contributed by atoms with van der Waals surface area (Å²) in [5.41, 5.74) is 2.60. The number of hydrogen-bond acceptors (Lipinski definition) is 4. The van der Waals surface area contributed by atoms with Crippen molar-refractivity contribution in [2.75, 3.05) is 14.2 Å². The number of ether oxygens (including phenoxy) is 2.